The molecule has 1 heterocycles. The summed E-state index contributed by atoms with van der Waals surface area (Å²) in [7, 11) is 0. The number of nitrogens with zero attached hydrogens (tertiary/aromatic N) is 1. The Hall–Kier alpha value is -1.59. The van der Waals surface area contributed by atoms with Crippen LogP contribution in [-0.4, -0.2) is 43.3 Å². The van der Waals surface area contributed by atoms with Crippen LogP contribution in [0.25, 0.3) is 0 Å². The Balaban J connectivity index is 2.13. The van der Waals surface area contributed by atoms with E-state index in [1.165, 1.54) is 5.56 Å². The fourth-order valence-corrected chi connectivity index (χ4v) is 3.29. The first-order valence-corrected chi connectivity index (χ1v) is 9.80. The molecule has 0 radical (unpaired) electrons. The van der Waals surface area contributed by atoms with Gasteiger partial charge in [-0.1, -0.05) is 30.3 Å². The van der Waals surface area contributed by atoms with Crippen LogP contribution in [0, 0.1) is 0 Å². The van der Waals surface area contributed by atoms with Crippen LogP contribution in [0.1, 0.15) is 59.1 Å². The van der Waals surface area contributed by atoms with Crippen molar-refractivity contribution in [3.8, 4) is 0 Å². The lowest BCUT2D eigenvalue weighted by Crippen LogP contribution is -2.54. The summed E-state index contributed by atoms with van der Waals surface area (Å²) >= 11 is 0. The largest absolute Gasteiger partial charge is 0.381 e. The third-order valence-electron chi connectivity index (χ3n) is 4.65. The van der Waals surface area contributed by atoms with Crippen molar-refractivity contribution in [2.24, 2.45) is 4.99 Å². The molecule has 5 heteroatoms. The normalized spacial score (nSPS) is 19.0. The van der Waals surface area contributed by atoms with E-state index in [0.29, 0.717) is 0 Å². The molecule has 146 valence electrons. The van der Waals surface area contributed by atoms with Crippen molar-refractivity contribution in [2.45, 2.75) is 64.6 Å². The van der Waals surface area contributed by atoms with Gasteiger partial charge < -0.3 is 20.7 Å². The summed E-state index contributed by atoms with van der Waals surface area (Å²) in [6, 6.07) is 10.9. The maximum absolute atomic E-state index is 5.63. The number of aliphatic imine (C=N–C) groups is 1. The second kappa shape index (κ2) is 9.38. The lowest BCUT2D eigenvalue weighted by molar-refractivity contribution is 0.0374. The molecule has 0 amide bonds. The summed E-state index contributed by atoms with van der Waals surface area (Å²) in [6.45, 7) is 13.9. The van der Waals surface area contributed by atoms with Crippen LogP contribution in [0.5, 0.6) is 0 Å². The molecule has 1 fully saturated rings. The number of rotatable bonds is 6. The quantitative estimate of drug-likeness (QED) is 0.538. The van der Waals surface area contributed by atoms with Gasteiger partial charge in [0.1, 0.15) is 0 Å². The van der Waals surface area contributed by atoms with E-state index in [0.717, 1.165) is 45.1 Å². The third-order valence-corrected chi connectivity index (χ3v) is 4.65. The number of nitrogens with one attached hydrogen (secondary N) is 3. The van der Waals surface area contributed by atoms with E-state index < -0.39 is 0 Å². The Bertz CT molecular complexity index is 559. The van der Waals surface area contributed by atoms with Crippen molar-refractivity contribution in [3.63, 3.8) is 0 Å². The molecule has 1 aromatic rings. The molecule has 1 saturated heterocycles. The second-order valence-electron chi connectivity index (χ2n) is 8.24. The smallest absolute Gasteiger partial charge is 0.191 e. The average molecular weight is 361 g/mol. The van der Waals surface area contributed by atoms with Crippen molar-refractivity contribution < 1.29 is 4.74 Å². The minimum atomic E-state index is -0.0340. The Morgan fingerprint density at radius 2 is 1.85 bits per heavy atom. The second-order valence-corrected chi connectivity index (χ2v) is 8.24. The van der Waals surface area contributed by atoms with Gasteiger partial charge in [-0.05, 0) is 53.0 Å². The number of guanidine groups is 1. The molecule has 0 spiro atoms. The first-order valence-electron chi connectivity index (χ1n) is 9.80. The maximum atomic E-state index is 5.63. The van der Waals surface area contributed by atoms with E-state index in [-0.39, 0.29) is 17.1 Å². The summed E-state index contributed by atoms with van der Waals surface area (Å²) in [4.78, 5) is 4.92. The summed E-state index contributed by atoms with van der Waals surface area (Å²) in [5.41, 5.74) is 1.25. The van der Waals surface area contributed by atoms with Gasteiger partial charge in [-0.25, -0.2) is 0 Å². The Kier molecular flexibility index (Phi) is 7.47. The van der Waals surface area contributed by atoms with Gasteiger partial charge in [-0.15, -0.1) is 0 Å². The molecule has 0 bridgehead atoms. The zero-order chi connectivity index (χ0) is 19.0. The molecule has 1 aliphatic rings. The van der Waals surface area contributed by atoms with E-state index in [9.17, 15) is 0 Å². The van der Waals surface area contributed by atoms with E-state index >= 15 is 0 Å². The molecule has 1 unspecified atom stereocenters. The molecule has 3 N–H and O–H groups in total. The van der Waals surface area contributed by atoms with Gasteiger partial charge >= 0.3 is 0 Å². The Morgan fingerprint density at radius 3 is 2.42 bits per heavy atom. The summed E-state index contributed by atoms with van der Waals surface area (Å²) in [6.07, 6.45) is 1.95. The highest BCUT2D eigenvalue weighted by Crippen LogP contribution is 2.26. The summed E-state index contributed by atoms with van der Waals surface area (Å²) < 4.78 is 5.63. The molecule has 2 rings (SSSR count). The predicted octanol–water partition coefficient (Wildman–Crippen LogP) is 3.24. The minimum absolute atomic E-state index is 0.0192. The van der Waals surface area contributed by atoms with E-state index in [2.05, 4.69) is 80.9 Å². The number of benzene rings is 1. The van der Waals surface area contributed by atoms with Crippen LogP contribution in [0.4, 0.5) is 0 Å². The van der Waals surface area contributed by atoms with Crippen LogP contribution in [0.15, 0.2) is 35.3 Å². The van der Waals surface area contributed by atoms with Crippen LogP contribution < -0.4 is 16.0 Å². The average Bonchev–Trinajstić information content (AvgIpc) is 2.60. The van der Waals surface area contributed by atoms with Gasteiger partial charge in [-0.2, -0.15) is 0 Å². The zero-order valence-corrected chi connectivity index (χ0v) is 17.1. The SMILES string of the molecule is CCNC(=NCC1(NC(C)c2ccccc2)CCOCC1)NC(C)(C)C. The highest BCUT2D eigenvalue weighted by molar-refractivity contribution is 5.80. The first kappa shape index (κ1) is 20.7. The van der Waals surface area contributed by atoms with Crippen molar-refractivity contribution in [3.05, 3.63) is 35.9 Å². The van der Waals surface area contributed by atoms with Gasteiger partial charge in [0, 0.05) is 36.9 Å². The molecule has 1 atom stereocenters. The number of ether oxygens (including phenoxy) is 1. The lowest BCUT2D eigenvalue weighted by Gasteiger charge is -2.39. The summed E-state index contributed by atoms with van der Waals surface area (Å²) in [5.74, 6) is 0.875. The third kappa shape index (κ3) is 6.61. The van der Waals surface area contributed by atoms with E-state index in [1.54, 1.807) is 0 Å². The van der Waals surface area contributed by atoms with Crippen molar-refractivity contribution >= 4 is 5.96 Å². The molecule has 0 aliphatic carbocycles. The van der Waals surface area contributed by atoms with Crippen LogP contribution in [0.2, 0.25) is 0 Å². The van der Waals surface area contributed by atoms with Crippen molar-refractivity contribution in [1.82, 2.24) is 16.0 Å². The highest BCUT2D eigenvalue weighted by atomic mass is 16.5. The Labute approximate surface area is 159 Å². The maximum Gasteiger partial charge on any atom is 0.191 e. The summed E-state index contributed by atoms with van der Waals surface area (Å²) in [5, 5.41) is 10.7. The Morgan fingerprint density at radius 1 is 1.19 bits per heavy atom. The zero-order valence-electron chi connectivity index (χ0n) is 17.1. The monoisotopic (exact) mass is 360 g/mol. The van der Waals surface area contributed by atoms with Crippen molar-refractivity contribution in [2.75, 3.05) is 26.3 Å². The van der Waals surface area contributed by atoms with Gasteiger partial charge in [0.25, 0.3) is 0 Å². The van der Waals surface area contributed by atoms with Crippen molar-refractivity contribution in [1.29, 1.82) is 0 Å². The topological polar surface area (TPSA) is 57.7 Å². The minimum Gasteiger partial charge on any atom is -0.381 e. The van der Waals surface area contributed by atoms with Gasteiger partial charge in [0.05, 0.1) is 6.54 Å². The van der Waals surface area contributed by atoms with E-state index in [1.807, 2.05) is 0 Å². The van der Waals surface area contributed by atoms with Gasteiger partial charge in [-0.3, -0.25) is 4.99 Å². The first-order chi connectivity index (χ1) is 12.3. The molecule has 5 nitrogen and oxygen atoms in total. The lowest BCUT2D eigenvalue weighted by atomic mass is 9.88. The molecule has 26 heavy (non-hydrogen) atoms. The molecular weight excluding hydrogens is 324 g/mol. The molecule has 1 aliphatic heterocycles. The van der Waals surface area contributed by atoms with Crippen LogP contribution in [0.3, 0.4) is 0 Å². The van der Waals surface area contributed by atoms with Gasteiger partial charge in [0.15, 0.2) is 5.96 Å². The van der Waals surface area contributed by atoms with E-state index in [4.69, 9.17) is 9.73 Å². The molecule has 0 aromatic heterocycles. The fraction of sp³-hybridized carbons (Fsp3) is 0.667. The predicted molar refractivity (Wildman–Crippen MR) is 110 cm³/mol. The fourth-order valence-electron chi connectivity index (χ4n) is 3.29. The van der Waals surface area contributed by atoms with Crippen LogP contribution >= 0.6 is 0 Å². The van der Waals surface area contributed by atoms with Crippen LogP contribution in [-0.2, 0) is 4.74 Å². The van der Waals surface area contributed by atoms with Gasteiger partial charge in [0.2, 0.25) is 0 Å². The molecule has 1 aromatic carbocycles. The highest BCUT2D eigenvalue weighted by Gasteiger charge is 2.34. The number of hydrogen-bond donors (Lipinski definition) is 3. The number of hydrogen-bond acceptors (Lipinski definition) is 3. The molecule has 0 saturated carbocycles. The standard InChI is InChI=1S/C21H36N4O/c1-6-22-19(25-20(3,4)5)23-16-21(12-14-26-15-13-21)24-17(2)18-10-8-7-9-11-18/h7-11,17,24H,6,12-16H2,1-5H3,(H2,22,23,25). The molecular formula is C21H36N4O.